The maximum Gasteiger partial charge on any atom is 0.148 e. The Hall–Kier alpha value is -2.04. The molecule has 2 rings (SSSR count). The number of hydrogen-bond donors (Lipinski definition) is 2. The van der Waals surface area contributed by atoms with Crippen LogP contribution in [0.5, 0.6) is 0 Å². The number of nitrogens with zero attached hydrogens (tertiary/aromatic N) is 1. The predicted molar refractivity (Wildman–Crippen MR) is 68.8 cm³/mol. The molecule has 0 bridgehead atoms. The van der Waals surface area contributed by atoms with Gasteiger partial charge >= 0.3 is 0 Å². The maximum absolute atomic E-state index is 13.7. The van der Waals surface area contributed by atoms with Crippen LogP contribution in [0.3, 0.4) is 0 Å². The molecule has 0 aliphatic rings. The van der Waals surface area contributed by atoms with Crippen LogP contribution in [-0.4, -0.2) is 5.16 Å². The molecular formula is C13H16FN3O. The zero-order valence-electron chi connectivity index (χ0n) is 10.6. The zero-order chi connectivity index (χ0) is 13.3. The second-order valence-electron chi connectivity index (χ2n) is 4.34. The van der Waals surface area contributed by atoms with Crippen LogP contribution in [0.1, 0.15) is 30.0 Å². The lowest BCUT2D eigenvalue weighted by Crippen LogP contribution is -2.09. The molecule has 1 aromatic heterocycles. The van der Waals surface area contributed by atoms with Gasteiger partial charge in [-0.3, -0.25) is 0 Å². The maximum atomic E-state index is 13.7. The number of benzene rings is 1. The lowest BCUT2D eigenvalue weighted by molar-refractivity contribution is 0.392. The Bertz CT molecular complexity index is 546. The molecule has 0 fully saturated rings. The molecule has 0 spiro atoms. The molecule has 3 N–H and O–H groups in total. The van der Waals surface area contributed by atoms with E-state index < -0.39 is 0 Å². The Morgan fingerprint density at radius 2 is 2.11 bits per heavy atom. The lowest BCUT2D eigenvalue weighted by atomic mass is 10.1. The van der Waals surface area contributed by atoms with Crippen molar-refractivity contribution in [1.82, 2.24) is 5.16 Å². The fourth-order valence-electron chi connectivity index (χ4n) is 2.06. The monoisotopic (exact) mass is 249 g/mol. The van der Waals surface area contributed by atoms with E-state index in [2.05, 4.69) is 10.5 Å². The largest absolute Gasteiger partial charge is 0.399 e. The highest BCUT2D eigenvalue weighted by Crippen LogP contribution is 2.26. The third-order valence-electron chi connectivity index (χ3n) is 2.89. The van der Waals surface area contributed by atoms with Crippen molar-refractivity contribution in [2.45, 2.75) is 26.8 Å². The van der Waals surface area contributed by atoms with Gasteiger partial charge in [0.1, 0.15) is 11.6 Å². The second kappa shape index (κ2) is 4.68. The standard InChI is InChI=1S/C13H16FN3O/c1-7(13-8(2)17-18-9(13)3)16-12-5-4-10(15)6-11(12)14/h4-7,16H,15H2,1-3H3. The Morgan fingerprint density at radius 3 is 2.67 bits per heavy atom. The number of aryl methyl sites for hydroxylation is 2. The highest BCUT2D eigenvalue weighted by Gasteiger charge is 2.17. The molecule has 0 saturated carbocycles. The summed E-state index contributed by atoms with van der Waals surface area (Å²) in [6.07, 6.45) is 0. The number of anilines is 2. The van der Waals surface area contributed by atoms with Gasteiger partial charge in [0.05, 0.1) is 17.4 Å². The Kier molecular flexibility index (Phi) is 3.23. The zero-order valence-corrected chi connectivity index (χ0v) is 10.6. The van der Waals surface area contributed by atoms with Gasteiger partial charge in [-0.05, 0) is 39.0 Å². The van der Waals surface area contributed by atoms with Gasteiger partial charge in [0.2, 0.25) is 0 Å². The van der Waals surface area contributed by atoms with Crippen LogP contribution >= 0.6 is 0 Å². The number of halogens is 1. The fourth-order valence-corrected chi connectivity index (χ4v) is 2.06. The van der Waals surface area contributed by atoms with E-state index in [4.69, 9.17) is 10.3 Å². The Balaban J connectivity index is 2.24. The van der Waals surface area contributed by atoms with Crippen molar-refractivity contribution in [3.8, 4) is 0 Å². The fraction of sp³-hybridized carbons (Fsp3) is 0.308. The van der Waals surface area contributed by atoms with E-state index in [1.165, 1.54) is 6.07 Å². The van der Waals surface area contributed by atoms with Crippen LogP contribution in [0.4, 0.5) is 15.8 Å². The summed E-state index contributed by atoms with van der Waals surface area (Å²) < 4.78 is 18.8. The summed E-state index contributed by atoms with van der Waals surface area (Å²) in [7, 11) is 0. The number of nitrogens with one attached hydrogen (secondary N) is 1. The van der Waals surface area contributed by atoms with Gasteiger partial charge in [0.25, 0.3) is 0 Å². The quantitative estimate of drug-likeness (QED) is 0.820. The Morgan fingerprint density at radius 1 is 1.39 bits per heavy atom. The predicted octanol–water partition coefficient (Wildman–Crippen LogP) is 3.19. The van der Waals surface area contributed by atoms with E-state index in [0.29, 0.717) is 11.4 Å². The van der Waals surface area contributed by atoms with Crippen LogP contribution in [0.25, 0.3) is 0 Å². The topological polar surface area (TPSA) is 64.1 Å². The second-order valence-corrected chi connectivity index (χ2v) is 4.34. The van der Waals surface area contributed by atoms with Crippen LogP contribution in [0.15, 0.2) is 22.7 Å². The first-order chi connectivity index (χ1) is 8.49. The highest BCUT2D eigenvalue weighted by atomic mass is 19.1. The Labute approximate surface area is 105 Å². The minimum Gasteiger partial charge on any atom is -0.399 e. The number of nitrogen functional groups attached to an aromatic ring is 1. The molecular weight excluding hydrogens is 233 g/mol. The first kappa shape index (κ1) is 12.4. The SMILES string of the molecule is Cc1noc(C)c1C(C)Nc1ccc(N)cc1F. The van der Waals surface area contributed by atoms with Crippen molar-refractivity contribution >= 4 is 11.4 Å². The smallest absolute Gasteiger partial charge is 0.148 e. The van der Waals surface area contributed by atoms with E-state index in [1.54, 1.807) is 12.1 Å². The van der Waals surface area contributed by atoms with Crippen LogP contribution in [0, 0.1) is 19.7 Å². The lowest BCUT2D eigenvalue weighted by Gasteiger charge is -2.15. The van der Waals surface area contributed by atoms with Gasteiger partial charge in [0, 0.05) is 11.3 Å². The number of rotatable bonds is 3. The van der Waals surface area contributed by atoms with Gasteiger partial charge in [0.15, 0.2) is 0 Å². The van der Waals surface area contributed by atoms with Gasteiger partial charge in [-0.2, -0.15) is 0 Å². The van der Waals surface area contributed by atoms with Gasteiger partial charge in [-0.15, -0.1) is 0 Å². The van der Waals surface area contributed by atoms with Gasteiger partial charge in [-0.1, -0.05) is 5.16 Å². The third kappa shape index (κ3) is 2.30. The first-order valence-corrected chi connectivity index (χ1v) is 5.73. The molecule has 0 aliphatic heterocycles. The molecule has 18 heavy (non-hydrogen) atoms. The highest BCUT2D eigenvalue weighted by molar-refractivity contribution is 5.54. The molecule has 0 aliphatic carbocycles. The molecule has 1 aromatic carbocycles. The molecule has 1 atom stereocenters. The number of nitrogens with two attached hydrogens (primary N) is 1. The average Bonchev–Trinajstić information content (AvgIpc) is 2.62. The van der Waals surface area contributed by atoms with E-state index in [-0.39, 0.29) is 11.9 Å². The van der Waals surface area contributed by atoms with E-state index >= 15 is 0 Å². The minimum absolute atomic E-state index is 0.0885. The molecule has 5 heteroatoms. The van der Waals surface area contributed by atoms with Crippen LogP contribution < -0.4 is 11.1 Å². The molecule has 0 saturated heterocycles. The van der Waals surface area contributed by atoms with Crippen LogP contribution in [0.2, 0.25) is 0 Å². The van der Waals surface area contributed by atoms with Crippen molar-refractivity contribution in [3.05, 3.63) is 41.0 Å². The van der Waals surface area contributed by atoms with E-state index in [9.17, 15) is 4.39 Å². The van der Waals surface area contributed by atoms with E-state index in [0.717, 1.165) is 17.0 Å². The summed E-state index contributed by atoms with van der Waals surface area (Å²) in [5, 5.41) is 6.98. The first-order valence-electron chi connectivity index (χ1n) is 5.73. The molecule has 0 amide bonds. The molecule has 96 valence electrons. The molecule has 2 aromatic rings. The number of hydrogen-bond acceptors (Lipinski definition) is 4. The van der Waals surface area contributed by atoms with Gasteiger partial charge in [-0.25, -0.2) is 4.39 Å². The number of aromatic nitrogens is 1. The minimum atomic E-state index is -0.367. The van der Waals surface area contributed by atoms with Crippen molar-refractivity contribution < 1.29 is 8.91 Å². The van der Waals surface area contributed by atoms with Crippen molar-refractivity contribution in [2.75, 3.05) is 11.1 Å². The molecule has 1 unspecified atom stereocenters. The summed E-state index contributed by atoms with van der Waals surface area (Å²) in [5.74, 6) is 0.372. The van der Waals surface area contributed by atoms with E-state index in [1.807, 2.05) is 20.8 Å². The summed E-state index contributed by atoms with van der Waals surface area (Å²) in [6, 6.07) is 4.49. The molecule has 4 nitrogen and oxygen atoms in total. The normalized spacial score (nSPS) is 12.4. The molecule has 0 radical (unpaired) electrons. The molecule has 1 heterocycles. The van der Waals surface area contributed by atoms with Crippen LogP contribution in [-0.2, 0) is 0 Å². The summed E-state index contributed by atoms with van der Waals surface area (Å²) in [6.45, 7) is 5.64. The van der Waals surface area contributed by atoms with Gasteiger partial charge < -0.3 is 15.6 Å². The summed E-state index contributed by atoms with van der Waals surface area (Å²) in [5.41, 5.74) is 8.09. The van der Waals surface area contributed by atoms with Crippen molar-refractivity contribution in [1.29, 1.82) is 0 Å². The van der Waals surface area contributed by atoms with Crippen molar-refractivity contribution in [3.63, 3.8) is 0 Å². The summed E-state index contributed by atoms with van der Waals surface area (Å²) in [4.78, 5) is 0. The third-order valence-corrected chi connectivity index (χ3v) is 2.89. The average molecular weight is 249 g/mol. The summed E-state index contributed by atoms with van der Waals surface area (Å²) >= 11 is 0. The van der Waals surface area contributed by atoms with Crippen molar-refractivity contribution in [2.24, 2.45) is 0 Å².